The van der Waals surface area contributed by atoms with Crippen LogP contribution in [-0.4, -0.2) is 0 Å². The predicted octanol–water partition coefficient (Wildman–Crippen LogP) is 4.53. The number of para-hydroxylation sites is 1. The van der Waals surface area contributed by atoms with Gasteiger partial charge in [-0.3, -0.25) is 0 Å². The monoisotopic (exact) mass is 290 g/mol. The molecule has 0 amide bonds. The first-order valence-electron chi connectivity index (χ1n) is 8.22. The minimum Gasteiger partial charge on any atom is -0.340 e. The fourth-order valence-electron chi connectivity index (χ4n) is 3.83. The number of hydrogen-bond acceptors (Lipinski definition) is 2. The van der Waals surface area contributed by atoms with Crippen molar-refractivity contribution in [3.63, 3.8) is 0 Å². The van der Waals surface area contributed by atoms with E-state index in [9.17, 15) is 0 Å². The van der Waals surface area contributed by atoms with Crippen LogP contribution in [0.1, 0.15) is 42.9 Å². The number of benzene rings is 2. The molecular formula is C20H22N2. The summed E-state index contributed by atoms with van der Waals surface area (Å²) >= 11 is 0. The molecule has 1 aliphatic carbocycles. The molecule has 0 spiro atoms. The van der Waals surface area contributed by atoms with Crippen LogP contribution >= 0.6 is 0 Å². The molecule has 22 heavy (non-hydrogen) atoms. The van der Waals surface area contributed by atoms with E-state index >= 15 is 0 Å². The van der Waals surface area contributed by atoms with Crippen LogP contribution in [0.5, 0.6) is 0 Å². The van der Waals surface area contributed by atoms with Gasteiger partial charge >= 0.3 is 0 Å². The Hall–Kier alpha value is -2.06. The number of anilines is 1. The molecule has 2 aromatic carbocycles. The molecule has 2 aliphatic rings. The van der Waals surface area contributed by atoms with Crippen LogP contribution in [0.25, 0.3) is 0 Å². The quantitative estimate of drug-likeness (QED) is 0.880. The second kappa shape index (κ2) is 5.62. The number of allylic oxidation sites excluding steroid dienone is 1. The molecular weight excluding hydrogens is 268 g/mol. The van der Waals surface area contributed by atoms with Crippen molar-refractivity contribution in [1.82, 2.24) is 0 Å². The number of nitrogens with zero attached hydrogens (tertiary/aromatic N) is 1. The molecule has 112 valence electrons. The van der Waals surface area contributed by atoms with Gasteiger partial charge in [0.15, 0.2) is 0 Å². The number of hydrogen-bond donors (Lipinski definition) is 1. The summed E-state index contributed by atoms with van der Waals surface area (Å²) in [7, 11) is 0. The summed E-state index contributed by atoms with van der Waals surface area (Å²) in [6.07, 6.45) is 4.85. The van der Waals surface area contributed by atoms with Gasteiger partial charge in [-0.15, -0.1) is 0 Å². The first-order valence-corrected chi connectivity index (χ1v) is 8.22. The van der Waals surface area contributed by atoms with Crippen molar-refractivity contribution in [2.75, 3.05) is 4.90 Å². The molecule has 1 unspecified atom stereocenters. The van der Waals surface area contributed by atoms with E-state index in [0.717, 1.165) is 19.4 Å². The highest BCUT2D eigenvalue weighted by atomic mass is 15.2. The zero-order chi connectivity index (χ0) is 14.9. The largest absolute Gasteiger partial charge is 0.340 e. The van der Waals surface area contributed by atoms with E-state index in [0.29, 0.717) is 0 Å². The summed E-state index contributed by atoms with van der Waals surface area (Å²) < 4.78 is 0. The van der Waals surface area contributed by atoms with E-state index in [4.69, 9.17) is 5.73 Å². The molecule has 0 bridgehead atoms. The predicted molar refractivity (Wildman–Crippen MR) is 91.5 cm³/mol. The van der Waals surface area contributed by atoms with E-state index in [1.165, 1.54) is 40.9 Å². The molecule has 0 fully saturated rings. The standard InChI is InChI=1S/C20H22N2/c21-20-16-10-4-6-12-18(16)22(14-15-8-2-1-3-9-15)19-13-7-5-11-17(19)20/h1-4,6,8-10,12,20H,5,7,11,13-14,21H2. The van der Waals surface area contributed by atoms with Gasteiger partial charge in [-0.2, -0.15) is 0 Å². The summed E-state index contributed by atoms with van der Waals surface area (Å²) in [6.45, 7) is 0.934. The van der Waals surface area contributed by atoms with E-state index < -0.39 is 0 Å². The van der Waals surface area contributed by atoms with Gasteiger partial charge < -0.3 is 10.6 Å². The minimum atomic E-state index is 0.0820. The Balaban J connectivity index is 1.80. The number of nitrogens with two attached hydrogens (primary N) is 1. The topological polar surface area (TPSA) is 29.3 Å². The second-order valence-electron chi connectivity index (χ2n) is 6.29. The molecule has 1 heterocycles. The Morgan fingerprint density at radius 3 is 2.50 bits per heavy atom. The fraction of sp³-hybridized carbons (Fsp3) is 0.300. The first-order chi connectivity index (χ1) is 10.8. The summed E-state index contributed by atoms with van der Waals surface area (Å²) in [5.74, 6) is 0. The second-order valence-corrected chi connectivity index (χ2v) is 6.29. The number of fused-ring (bicyclic) bond motifs is 1. The van der Waals surface area contributed by atoms with Crippen LogP contribution < -0.4 is 10.6 Å². The molecule has 0 saturated heterocycles. The molecule has 1 aliphatic heterocycles. The molecule has 0 radical (unpaired) electrons. The van der Waals surface area contributed by atoms with Gasteiger partial charge in [0.05, 0.1) is 6.04 Å². The van der Waals surface area contributed by atoms with Gasteiger partial charge in [-0.1, -0.05) is 48.5 Å². The van der Waals surface area contributed by atoms with Crippen LogP contribution in [0.2, 0.25) is 0 Å². The minimum absolute atomic E-state index is 0.0820. The van der Waals surface area contributed by atoms with E-state index in [-0.39, 0.29) is 6.04 Å². The molecule has 2 aromatic rings. The Kier molecular flexibility index (Phi) is 3.47. The van der Waals surface area contributed by atoms with Crippen molar-refractivity contribution in [1.29, 1.82) is 0 Å². The molecule has 4 rings (SSSR count). The van der Waals surface area contributed by atoms with E-state index in [1.54, 1.807) is 0 Å². The van der Waals surface area contributed by atoms with Crippen LogP contribution in [0, 0.1) is 0 Å². The van der Waals surface area contributed by atoms with Crippen molar-refractivity contribution in [2.24, 2.45) is 5.73 Å². The SMILES string of the molecule is NC1C2=C(CCCC2)N(Cc2ccccc2)c2ccccc21. The highest BCUT2D eigenvalue weighted by molar-refractivity contribution is 5.65. The lowest BCUT2D eigenvalue weighted by Gasteiger charge is -2.40. The zero-order valence-electron chi connectivity index (χ0n) is 12.8. The van der Waals surface area contributed by atoms with Crippen molar-refractivity contribution in [2.45, 2.75) is 38.3 Å². The van der Waals surface area contributed by atoms with Crippen LogP contribution in [0.15, 0.2) is 65.9 Å². The van der Waals surface area contributed by atoms with E-state index in [2.05, 4.69) is 59.5 Å². The van der Waals surface area contributed by atoms with Gasteiger partial charge in [0, 0.05) is 17.9 Å². The Morgan fingerprint density at radius 1 is 0.909 bits per heavy atom. The fourth-order valence-corrected chi connectivity index (χ4v) is 3.83. The van der Waals surface area contributed by atoms with Gasteiger partial charge in [-0.25, -0.2) is 0 Å². The van der Waals surface area contributed by atoms with Gasteiger partial charge in [-0.05, 0) is 48.4 Å². The summed E-state index contributed by atoms with van der Waals surface area (Å²) in [5.41, 5.74) is 13.4. The molecule has 2 heteroatoms. The Bertz CT molecular complexity index is 703. The Labute approximate surface area is 132 Å². The Morgan fingerprint density at radius 2 is 1.64 bits per heavy atom. The van der Waals surface area contributed by atoms with Crippen molar-refractivity contribution in [3.05, 3.63) is 77.0 Å². The number of rotatable bonds is 2. The highest BCUT2D eigenvalue weighted by Crippen LogP contribution is 2.44. The maximum Gasteiger partial charge on any atom is 0.0551 e. The van der Waals surface area contributed by atoms with Crippen LogP contribution in [0.3, 0.4) is 0 Å². The summed E-state index contributed by atoms with van der Waals surface area (Å²) in [6, 6.07) is 19.5. The normalized spacial score (nSPS) is 20.6. The lowest BCUT2D eigenvalue weighted by molar-refractivity contribution is 0.586. The van der Waals surface area contributed by atoms with Gasteiger partial charge in [0.1, 0.15) is 0 Å². The first kappa shape index (κ1) is 13.6. The summed E-state index contributed by atoms with van der Waals surface area (Å²) in [5, 5.41) is 0. The van der Waals surface area contributed by atoms with Crippen molar-refractivity contribution in [3.8, 4) is 0 Å². The lowest BCUT2D eigenvalue weighted by Crippen LogP contribution is -2.34. The third kappa shape index (κ3) is 2.24. The van der Waals surface area contributed by atoms with Crippen molar-refractivity contribution >= 4 is 5.69 Å². The molecule has 2 nitrogen and oxygen atoms in total. The smallest absolute Gasteiger partial charge is 0.0551 e. The summed E-state index contributed by atoms with van der Waals surface area (Å²) in [4.78, 5) is 2.50. The average Bonchev–Trinajstić information content (AvgIpc) is 2.59. The van der Waals surface area contributed by atoms with Crippen LogP contribution in [-0.2, 0) is 6.54 Å². The van der Waals surface area contributed by atoms with E-state index in [1.807, 2.05) is 0 Å². The lowest BCUT2D eigenvalue weighted by atomic mass is 9.83. The van der Waals surface area contributed by atoms with Crippen molar-refractivity contribution < 1.29 is 0 Å². The maximum absolute atomic E-state index is 6.57. The molecule has 1 atom stereocenters. The highest BCUT2D eigenvalue weighted by Gasteiger charge is 2.31. The molecule has 2 N–H and O–H groups in total. The van der Waals surface area contributed by atoms with Gasteiger partial charge in [0.2, 0.25) is 0 Å². The third-order valence-corrected chi connectivity index (χ3v) is 4.93. The molecule has 0 aromatic heterocycles. The maximum atomic E-state index is 6.57. The van der Waals surface area contributed by atoms with Gasteiger partial charge in [0.25, 0.3) is 0 Å². The molecule has 0 saturated carbocycles. The average molecular weight is 290 g/mol. The third-order valence-electron chi connectivity index (χ3n) is 4.93. The van der Waals surface area contributed by atoms with Crippen LogP contribution in [0.4, 0.5) is 5.69 Å². The zero-order valence-corrected chi connectivity index (χ0v) is 12.8.